The van der Waals surface area contributed by atoms with Crippen molar-refractivity contribution in [3.8, 4) is 12.3 Å². The van der Waals surface area contributed by atoms with E-state index in [2.05, 4.69) is 10.6 Å². The van der Waals surface area contributed by atoms with Crippen molar-refractivity contribution in [3.05, 3.63) is 29.8 Å². The van der Waals surface area contributed by atoms with Gasteiger partial charge in [-0.15, -0.1) is 6.42 Å². The minimum absolute atomic E-state index is 0.0529. The summed E-state index contributed by atoms with van der Waals surface area (Å²) in [5, 5.41) is 0. The number of ether oxygens (including phenoxy) is 1. The lowest BCUT2D eigenvalue weighted by Gasteiger charge is -2.33. The Labute approximate surface area is 166 Å². The summed E-state index contributed by atoms with van der Waals surface area (Å²) in [6, 6.07) is 5.61. The minimum atomic E-state index is -3.82. The lowest BCUT2D eigenvalue weighted by Crippen LogP contribution is -2.43. The van der Waals surface area contributed by atoms with E-state index in [-0.39, 0.29) is 35.6 Å². The molecule has 1 aliphatic carbocycles. The smallest absolute Gasteiger partial charge is 0.338 e. The van der Waals surface area contributed by atoms with Crippen LogP contribution in [0.2, 0.25) is 0 Å². The number of benzene rings is 1. The van der Waals surface area contributed by atoms with Crippen molar-refractivity contribution in [2.45, 2.75) is 50.0 Å². The number of hydrogen-bond acceptors (Lipinski definition) is 5. The molecule has 0 unspecified atom stereocenters. The summed E-state index contributed by atoms with van der Waals surface area (Å²) in [7, 11) is -3.82. The van der Waals surface area contributed by atoms with E-state index >= 15 is 0 Å². The highest BCUT2D eigenvalue weighted by Gasteiger charge is 2.25. The first kappa shape index (κ1) is 21.9. The van der Waals surface area contributed by atoms with Gasteiger partial charge in [0.15, 0.2) is 6.61 Å². The quantitative estimate of drug-likeness (QED) is 0.526. The summed E-state index contributed by atoms with van der Waals surface area (Å²) in [5.41, 5.74) is 0.0529. The number of amides is 1. The Morgan fingerprint density at radius 1 is 1.29 bits per heavy atom. The summed E-state index contributed by atoms with van der Waals surface area (Å²) in [6.07, 6.45) is 10.4. The number of nitrogens with one attached hydrogen (secondary N) is 1. The number of carbonyl (C=O) groups is 2. The maximum atomic E-state index is 12.5. The van der Waals surface area contributed by atoms with E-state index < -0.39 is 16.0 Å². The Hall–Kier alpha value is -2.37. The van der Waals surface area contributed by atoms with Crippen molar-refractivity contribution >= 4 is 21.9 Å². The van der Waals surface area contributed by atoms with Crippen LogP contribution in [0.5, 0.6) is 0 Å². The molecule has 0 saturated heterocycles. The van der Waals surface area contributed by atoms with Crippen LogP contribution in [0.4, 0.5) is 0 Å². The standard InChI is InChI=1S/C20H26N2O5S/c1-3-13-21-28(25,26)18-12-8-9-16(14-18)20(24)27-15-19(23)22(4-2)17-10-6-5-7-11-17/h1,8-9,12,14,17,21H,4-7,10-11,13,15H2,2H3. The van der Waals surface area contributed by atoms with E-state index in [1.54, 1.807) is 4.90 Å². The molecule has 1 amide bonds. The SMILES string of the molecule is C#CCNS(=O)(=O)c1cccc(C(=O)OCC(=O)N(CC)C2CCCCC2)c1. The Balaban J connectivity index is 2.00. The number of sulfonamides is 1. The molecular formula is C20H26N2O5S. The third-order valence-corrected chi connectivity index (χ3v) is 6.15. The average molecular weight is 407 g/mol. The van der Waals surface area contributed by atoms with E-state index in [0.717, 1.165) is 25.7 Å². The molecular weight excluding hydrogens is 380 g/mol. The molecule has 7 nitrogen and oxygen atoms in total. The van der Waals surface area contributed by atoms with Gasteiger partial charge in [-0.25, -0.2) is 13.2 Å². The fourth-order valence-electron chi connectivity index (χ4n) is 3.33. The number of terminal acetylenes is 1. The van der Waals surface area contributed by atoms with Gasteiger partial charge >= 0.3 is 5.97 Å². The maximum absolute atomic E-state index is 12.5. The van der Waals surface area contributed by atoms with E-state index in [9.17, 15) is 18.0 Å². The largest absolute Gasteiger partial charge is 0.452 e. The predicted molar refractivity (Wildman–Crippen MR) is 105 cm³/mol. The maximum Gasteiger partial charge on any atom is 0.338 e. The molecule has 0 bridgehead atoms. The van der Waals surface area contributed by atoms with Crippen LogP contribution in [-0.2, 0) is 19.6 Å². The highest BCUT2D eigenvalue weighted by atomic mass is 32.2. The van der Waals surface area contributed by atoms with Crippen LogP contribution >= 0.6 is 0 Å². The van der Waals surface area contributed by atoms with E-state index in [0.29, 0.717) is 6.54 Å². The molecule has 1 aromatic carbocycles. The fraction of sp³-hybridized carbons (Fsp3) is 0.500. The normalized spacial score (nSPS) is 14.9. The summed E-state index contributed by atoms with van der Waals surface area (Å²) in [4.78, 5) is 26.4. The van der Waals surface area contributed by atoms with Crippen molar-refractivity contribution in [1.29, 1.82) is 0 Å². The molecule has 1 N–H and O–H groups in total. The molecule has 8 heteroatoms. The Bertz CT molecular complexity index is 838. The van der Waals surface area contributed by atoms with Crippen molar-refractivity contribution in [3.63, 3.8) is 0 Å². The molecule has 0 aliphatic heterocycles. The molecule has 1 aromatic rings. The highest BCUT2D eigenvalue weighted by molar-refractivity contribution is 7.89. The first-order valence-corrected chi connectivity index (χ1v) is 10.9. The Morgan fingerprint density at radius 2 is 2.00 bits per heavy atom. The summed E-state index contributed by atoms with van der Waals surface area (Å²) in [5.74, 6) is 1.20. The first-order chi connectivity index (χ1) is 13.4. The molecule has 0 radical (unpaired) electrons. The minimum Gasteiger partial charge on any atom is -0.452 e. The van der Waals surface area contributed by atoms with E-state index in [1.165, 1.54) is 30.7 Å². The van der Waals surface area contributed by atoms with E-state index in [4.69, 9.17) is 11.2 Å². The van der Waals surface area contributed by atoms with E-state index in [1.807, 2.05) is 6.92 Å². The van der Waals surface area contributed by atoms with Crippen LogP contribution in [0.3, 0.4) is 0 Å². The van der Waals surface area contributed by atoms with Gasteiger partial charge in [0.2, 0.25) is 10.0 Å². The second kappa shape index (κ2) is 10.2. The fourth-order valence-corrected chi connectivity index (χ4v) is 4.31. The molecule has 1 fully saturated rings. The van der Waals surface area contributed by atoms with Gasteiger partial charge in [0, 0.05) is 12.6 Å². The second-order valence-corrected chi connectivity index (χ2v) is 8.37. The van der Waals surface area contributed by atoms with Gasteiger partial charge in [0.1, 0.15) is 0 Å². The lowest BCUT2D eigenvalue weighted by atomic mass is 9.94. The molecule has 1 aliphatic rings. The van der Waals surface area contributed by atoms with Crippen molar-refractivity contribution in [2.75, 3.05) is 19.7 Å². The lowest BCUT2D eigenvalue weighted by molar-refractivity contribution is -0.137. The van der Waals surface area contributed by atoms with Crippen LogP contribution in [0.25, 0.3) is 0 Å². The Morgan fingerprint density at radius 3 is 2.64 bits per heavy atom. The number of carbonyl (C=O) groups excluding carboxylic acids is 2. The van der Waals surface area contributed by atoms with Gasteiger partial charge < -0.3 is 9.64 Å². The molecule has 2 rings (SSSR count). The van der Waals surface area contributed by atoms with Crippen LogP contribution < -0.4 is 4.72 Å². The molecule has 152 valence electrons. The zero-order chi connectivity index (χ0) is 20.6. The average Bonchev–Trinajstić information content (AvgIpc) is 2.72. The monoisotopic (exact) mass is 406 g/mol. The number of esters is 1. The first-order valence-electron chi connectivity index (χ1n) is 9.38. The van der Waals surface area contributed by atoms with Gasteiger partial charge in [-0.05, 0) is 38.0 Å². The van der Waals surface area contributed by atoms with Crippen molar-refractivity contribution in [2.24, 2.45) is 0 Å². The predicted octanol–water partition coefficient (Wildman–Crippen LogP) is 1.94. The van der Waals surface area contributed by atoms with Crippen LogP contribution in [0, 0.1) is 12.3 Å². The number of likely N-dealkylation sites (N-methyl/N-ethyl adjacent to an activating group) is 1. The zero-order valence-electron chi connectivity index (χ0n) is 16.0. The van der Waals surface area contributed by atoms with Crippen LogP contribution in [-0.4, -0.2) is 50.9 Å². The molecule has 28 heavy (non-hydrogen) atoms. The summed E-state index contributed by atoms with van der Waals surface area (Å²) >= 11 is 0. The second-order valence-electron chi connectivity index (χ2n) is 6.60. The summed E-state index contributed by atoms with van der Waals surface area (Å²) in [6.45, 7) is 1.95. The molecule has 0 aromatic heterocycles. The third kappa shape index (κ3) is 5.81. The van der Waals surface area contributed by atoms with Crippen molar-refractivity contribution in [1.82, 2.24) is 9.62 Å². The van der Waals surface area contributed by atoms with Gasteiger partial charge in [0.25, 0.3) is 5.91 Å². The zero-order valence-corrected chi connectivity index (χ0v) is 16.8. The molecule has 0 heterocycles. The van der Waals surface area contributed by atoms with Gasteiger partial charge in [-0.1, -0.05) is 31.2 Å². The number of hydrogen-bond donors (Lipinski definition) is 1. The molecule has 0 spiro atoms. The molecule has 1 saturated carbocycles. The van der Waals surface area contributed by atoms with Crippen LogP contribution in [0.1, 0.15) is 49.4 Å². The topological polar surface area (TPSA) is 92.8 Å². The van der Waals surface area contributed by atoms with Gasteiger partial charge in [-0.3, -0.25) is 4.79 Å². The molecule has 0 atom stereocenters. The number of rotatable bonds is 8. The Kier molecular flexibility index (Phi) is 8.03. The summed E-state index contributed by atoms with van der Waals surface area (Å²) < 4.78 is 31.6. The van der Waals surface area contributed by atoms with Gasteiger partial charge in [0.05, 0.1) is 17.0 Å². The van der Waals surface area contributed by atoms with Crippen molar-refractivity contribution < 1.29 is 22.7 Å². The van der Waals surface area contributed by atoms with Gasteiger partial charge in [-0.2, -0.15) is 4.72 Å². The van der Waals surface area contributed by atoms with Crippen LogP contribution in [0.15, 0.2) is 29.2 Å². The third-order valence-electron chi connectivity index (χ3n) is 4.75. The highest BCUT2D eigenvalue weighted by Crippen LogP contribution is 2.22. The number of nitrogens with zero attached hydrogens (tertiary/aromatic N) is 1.